The number of hydrogen-bond donors (Lipinski definition) is 2. The highest BCUT2D eigenvalue weighted by Crippen LogP contribution is 2.12. The lowest BCUT2D eigenvalue weighted by atomic mass is 10.3. The SMILES string of the molecule is CCC(CSC)NS(=O)(=O)c1cncc(C#CCCO)c1. The van der Waals surface area contributed by atoms with Crippen molar-refractivity contribution in [2.24, 2.45) is 0 Å². The van der Waals surface area contributed by atoms with E-state index in [2.05, 4.69) is 21.5 Å². The van der Waals surface area contributed by atoms with E-state index >= 15 is 0 Å². The van der Waals surface area contributed by atoms with Gasteiger partial charge in [0.05, 0.1) is 6.61 Å². The van der Waals surface area contributed by atoms with Gasteiger partial charge in [-0.15, -0.1) is 0 Å². The van der Waals surface area contributed by atoms with E-state index in [0.717, 1.165) is 12.2 Å². The summed E-state index contributed by atoms with van der Waals surface area (Å²) in [4.78, 5) is 4.03. The van der Waals surface area contributed by atoms with Crippen LogP contribution in [-0.2, 0) is 10.0 Å². The molecule has 21 heavy (non-hydrogen) atoms. The molecule has 7 heteroatoms. The van der Waals surface area contributed by atoms with E-state index in [-0.39, 0.29) is 17.5 Å². The first-order valence-electron chi connectivity index (χ1n) is 6.59. The summed E-state index contributed by atoms with van der Waals surface area (Å²) in [5.74, 6) is 6.25. The zero-order valence-electron chi connectivity index (χ0n) is 12.2. The molecular formula is C14H20N2O3S2. The van der Waals surface area contributed by atoms with Crippen molar-refractivity contribution in [2.45, 2.75) is 30.7 Å². The Labute approximate surface area is 130 Å². The zero-order chi connectivity index (χ0) is 15.7. The van der Waals surface area contributed by atoms with Crippen LogP contribution in [0.15, 0.2) is 23.4 Å². The molecular weight excluding hydrogens is 308 g/mol. The van der Waals surface area contributed by atoms with Gasteiger partial charge < -0.3 is 5.11 Å². The van der Waals surface area contributed by atoms with E-state index in [0.29, 0.717) is 12.0 Å². The van der Waals surface area contributed by atoms with Crippen LogP contribution in [0.4, 0.5) is 0 Å². The summed E-state index contributed by atoms with van der Waals surface area (Å²) < 4.78 is 27.3. The maximum Gasteiger partial charge on any atom is 0.242 e. The van der Waals surface area contributed by atoms with Crippen LogP contribution < -0.4 is 4.72 Å². The van der Waals surface area contributed by atoms with Crippen molar-refractivity contribution in [3.05, 3.63) is 24.0 Å². The number of nitrogens with zero attached hydrogens (tertiary/aromatic N) is 1. The van der Waals surface area contributed by atoms with E-state index < -0.39 is 10.0 Å². The molecule has 0 radical (unpaired) electrons. The van der Waals surface area contributed by atoms with Crippen molar-refractivity contribution in [2.75, 3.05) is 18.6 Å². The molecule has 2 N–H and O–H groups in total. The summed E-state index contributed by atoms with van der Waals surface area (Å²) in [6.07, 6.45) is 5.83. The summed E-state index contributed by atoms with van der Waals surface area (Å²) in [6, 6.07) is 1.39. The van der Waals surface area contributed by atoms with Gasteiger partial charge in [0.25, 0.3) is 0 Å². The van der Waals surface area contributed by atoms with Crippen molar-refractivity contribution in [3.8, 4) is 11.8 Å². The topological polar surface area (TPSA) is 79.3 Å². The van der Waals surface area contributed by atoms with Gasteiger partial charge in [-0.2, -0.15) is 11.8 Å². The number of sulfonamides is 1. The Kier molecular flexibility index (Phi) is 7.75. The number of thioether (sulfide) groups is 1. The van der Waals surface area contributed by atoms with Gasteiger partial charge in [0, 0.05) is 36.2 Å². The summed E-state index contributed by atoms with van der Waals surface area (Å²) in [7, 11) is -3.59. The average Bonchev–Trinajstić information content (AvgIpc) is 2.47. The van der Waals surface area contributed by atoms with Crippen LogP contribution in [0.2, 0.25) is 0 Å². The highest BCUT2D eigenvalue weighted by Gasteiger charge is 2.19. The van der Waals surface area contributed by atoms with Gasteiger partial charge in [-0.05, 0) is 18.7 Å². The monoisotopic (exact) mass is 328 g/mol. The van der Waals surface area contributed by atoms with Gasteiger partial charge in [-0.25, -0.2) is 13.1 Å². The summed E-state index contributed by atoms with van der Waals surface area (Å²) in [6.45, 7) is 1.92. The van der Waals surface area contributed by atoms with Crippen molar-refractivity contribution >= 4 is 21.8 Å². The van der Waals surface area contributed by atoms with Crippen LogP contribution in [0.3, 0.4) is 0 Å². The van der Waals surface area contributed by atoms with E-state index in [1.165, 1.54) is 18.5 Å². The minimum atomic E-state index is -3.59. The van der Waals surface area contributed by atoms with E-state index in [9.17, 15) is 8.42 Å². The van der Waals surface area contributed by atoms with Crippen molar-refractivity contribution in [3.63, 3.8) is 0 Å². The van der Waals surface area contributed by atoms with E-state index in [4.69, 9.17) is 5.11 Å². The molecule has 116 valence electrons. The highest BCUT2D eigenvalue weighted by molar-refractivity contribution is 7.98. The lowest BCUT2D eigenvalue weighted by Crippen LogP contribution is -2.36. The predicted molar refractivity (Wildman–Crippen MR) is 85.6 cm³/mol. The third-order valence-corrected chi connectivity index (χ3v) is 4.90. The van der Waals surface area contributed by atoms with Crippen molar-refractivity contribution < 1.29 is 13.5 Å². The lowest BCUT2D eigenvalue weighted by molar-refractivity contribution is 0.305. The highest BCUT2D eigenvalue weighted by atomic mass is 32.2. The van der Waals surface area contributed by atoms with E-state index in [1.807, 2.05) is 13.2 Å². The number of aliphatic hydroxyl groups excluding tert-OH is 1. The smallest absolute Gasteiger partial charge is 0.242 e. The van der Waals surface area contributed by atoms with Gasteiger partial charge >= 0.3 is 0 Å². The zero-order valence-corrected chi connectivity index (χ0v) is 13.8. The average molecular weight is 328 g/mol. The first kappa shape index (κ1) is 18.0. The number of aliphatic hydroxyl groups is 1. The molecule has 0 fully saturated rings. The second-order valence-electron chi connectivity index (χ2n) is 4.37. The maximum absolute atomic E-state index is 12.3. The molecule has 1 atom stereocenters. The van der Waals surface area contributed by atoms with E-state index in [1.54, 1.807) is 11.8 Å². The fourth-order valence-electron chi connectivity index (χ4n) is 1.58. The molecule has 0 aliphatic heterocycles. The third-order valence-electron chi connectivity index (χ3n) is 2.68. The largest absolute Gasteiger partial charge is 0.395 e. The molecule has 0 saturated carbocycles. The Hall–Kier alpha value is -1.07. The summed E-state index contributed by atoms with van der Waals surface area (Å²) >= 11 is 1.60. The normalized spacial score (nSPS) is 12.5. The molecule has 1 aromatic heterocycles. The Morgan fingerprint density at radius 2 is 2.24 bits per heavy atom. The minimum absolute atomic E-state index is 0.0210. The standard InChI is InChI=1S/C14H20N2O3S2/c1-3-13(11-20-2)16-21(18,19)14-8-12(9-15-10-14)6-4-5-7-17/h8-10,13,16-17H,3,5,7,11H2,1-2H3. The molecule has 0 aliphatic rings. The Morgan fingerprint density at radius 1 is 1.48 bits per heavy atom. The van der Waals surface area contributed by atoms with Crippen LogP contribution in [0, 0.1) is 11.8 Å². The quantitative estimate of drug-likeness (QED) is 0.736. The molecule has 1 heterocycles. The molecule has 1 aromatic rings. The first-order valence-corrected chi connectivity index (χ1v) is 9.47. The fraction of sp³-hybridized carbons (Fsp3) is 0.500. The van der Waals surface area contributed by atoms with Crippen LogP contribution in [0.5, 0.6) is 0 Å². The Morgan fingerprint density at radius 3 is 2.86 bits per heavy atom. The summed E-state index contributed by atoms with van der Waals surface area (Å²) in [5.41, 5.74) is 0.518. The van der Waals surface area contributed by atoms with Crippen LogP contribution in [0.1, 0.15) is 25.3 Å². The van der Waals surface area contributed by atoms with Crippen LogP contribution in [-0.4, -0.2) is 43.2 Å². The van der Waals surface area contributed by atoms with Gasteiger partial charge in [0.1, 0.15) is 4.90 Å². The maximum atomic E-state index is 12.3. The molecule has 0 amide bonds. The molecule has 0 saturated heterocycles. The molecule has 0 spiro atoms. The Bertz CT molecular complexity index is 606. The molecule has 0 aromatic carbocycles. The molecule has 1 rings (SSSR count). The number of aromatic nitrogens is 1. The fourth-order valence-corrected chi connectivity index (χ4v) is 3.71. The molecule has 5 nitrogen and oxygen atoms in total. The first-order chi connectivity index (χ1) is 10.0. The third kappa shape index (κ3) is 6.06. The summed E-state index contributed by atoms with van der Waals surface area (Å²) in [5, 5.41) is 8.68. The number of pyridine rings is 1. The molecule has 1 unspecified atom stereocenters. The number of hydrogen-bond acceptors (Lipinski definition) is 5. The Balaban J connectivity index is 2.93. The minimum Gasteiger partial charge on any atom is -0.395 e. The van der Waals surface area contributed by atoms with Crippen molar-refractivity contribution in [1.82, 2.24) is 9.71 Å². The van der Waals surface area contributed by atoms with Crippen LogP contribution >= 0.6 is 11.8 Å². The van der Waals surface area contributed by atoms with Crippen molar-refractivity contribution in [1.29, 1.82) is 0 Å². The van der Waals surface area contributed by atoms with Gasteiger partial charge in [0.15, 0.2) is 0 Å². The predicted octanol–water partition coefficient (Wildman–Crippen LogP) is 1.24. The van der Waals surface area contributed by atoms with Gasteiger partial charge in [0.2, 0.25) is 10.0 Å². The van der Waals surface area contributed by atoms with Gasteiger partial charge in [-0.1, -0.05) is 18.8 Å². The number of nitrogens with one attached hydrogen (secondary N) is 1. The van der Waals surface area contributed by atoms with Gasteiger partial charge in [-0.3, -0.25) is 4.98 Å². The molecule has 0 bridgehead atoms. The molecule has 0 aliphatic carbocycles. The second-order valence-corrected chi connectivity index (χ2v) is 6.99. The number of rotatable bonds is 7. The van der Waals surface area contributed by atoms with Crippen LogP contribution in [0.25, 0.3) is 0 Å². The second kappa shape index (κ2) is 9.05. The lowest BCUT2D eigenvalue weighted by Gasteiger charge is -2.15.